The number of hydrogen-bond acceptors (Lipinski definition) is 6. The van der Waals surface area contributed by atoms with Gasteiger partial charge in [0.2, 0.25) is 0 Å². The molecule has 0 radical (unpaired) electrons. The van der Waals surface area contributed by atoms with Gasteiger partial charge in [-0.25, -0.2) is 9.80 Å². The highest BCUT2D eigenvalue weighted by molar-refractivity contribution is 6.30. The molecule has 1 aromatic carbocycles. The number of hydrogen-bond donors (Lipinski definition) is 1. The van der Waals surface area contributed by atoms with E-state index < -0.39 is 23.8 Å². The molecule has 0 fully saturated rings. The van der Waals surface area contributed by atoms with Gasteiger partial charge in [-0.3, -0.25) is 15.0 Å². The number of amides is 1. The largest absolute Gasteiger partial charge is 0.468 e. The van der Waals surface area contributed by atoms with Crippen molar-refractivity contribution < 1.29 is 23.9 Å². The van der Waals surface area contributed by atoms with Crippen molar-refractivity contribution in [1.82, 2.24) is 5.01 Å². The van der Waals surface area contributed by atoms with E-state index in [1.54, 1.807) is 24.3 Å². The van der Waals surface area contributed by atoms with E-state index in [1.165, 1.54) is 14.0 Å². The molecule has 1 heterocycles. The normalized spacial score (nSPS) is 17.3. The van der Waals surface area contributed by atoms with Crippen molar-refractivity contribution in [2.75, 3.05) is 19.6 Å². The Kier molecular flexibility index (Phi) is 4.90. The lowest BCUT2D eigenvalue weighted by Crippen LogP contribution is -2.36. The number of carbonyl (C=O) groups excluding carboxylic acids is 3. The summed E-state index contributed by atoms with van der Waals surface area (Å²) in [5.74, 6) is -3.56. The summed E-state index contributed by atoms with van der Waals surface area (Å²) in [6.45, 7) is 1.54. The molecule has 0 bridgehead atoms. The molecule has 1 atom stereocenters. The average Bonchev–Trinajstić information content (AvgIpc) is 2.80. The van der Waals surface area contributed by atoms with Gasteiger partial charge in [0.1, 0.15) is 0 Å². The van der Waals surface area contributed by atoms with E-state index in [0.717, 1.165) is 12.1 Å². The fourth-order valence-corrected chi connectivity index (χ4v) is 2.38. The Morgan fingerprint density at radius 3 is 2.30 bits per heavy atom. The fraction of sp³-hybridized carbons (Fsp3) is 0.267. The van der Waals surface area contributed by atoms with Gasteiger partial charge in [0.25, 0.3) is 5.91 Å². The first-order valence-corrected chi connectivity index (χ1v) is 7.01. The van der Waals surface area contributed by atoms with Gasteiger partial charge in [0, 0.05) is 5.02 Å². The number of ether oxygens (including phenoxy) is 2. The number of allylic oxidation sites excluding steroid dienone is 1. The van der Waals surface area contributed by atoms with Crippen LogP contribution in [0.2, 0.25) is 5.02 Å². The minimum Gasteiger partial charge on any atom is -0.468 e. The third-order valence-electron chi connectivity index (χ3n) is 3.41. The second kappa shape index (κ2) is 6.70. The molecule has 7 nitrogen and oxygen atoms in total. The smallest absolute Gasteiger partial charge is 0.337 e. The summed E-state index contributed by atoms with van der Waals surface area (Å²) in [6.07, 6.45) is 0. The third-order valence-corrected chi connectivity index (χ3v) is 3.66. The van der Waals surface area contributed by atoms with Gasteiger partial charge in [-0.1, -0.05) is 11.6 Å². The fourth-order valence-electron chi connectivity index (χ4n) is 2.25. The van der Waals surface area contributed by atoms with Crippen molar-refractivity contribution >= 4 is 35.1 Å². The van der Waals surface area contributed by atoms with Crippen LogP contribution in [0.5, 0.6) is 0 Å². The molecule has 0 saturated heterocycles. The SMILES string of the molecule is COC(=O)C1=C(C)N(Nc2ccc(Cl)cc2)C(=O)C1C(=O)OC. The number of anilines is 1. The zero-order chi connectivity index (χ0) is 17.1. The minimum absolute atomic E-state index is 0.0502. The van der Waals surface area contributed by atoms with Gasteiger partial charge in [0.05, 0.1) is 31.2 Å². The van der Waals surface area contributed by atoms with Gasteiger partial charge in [-0.05, 0) is 31.2 Å². The van der Waals surface area contributed by atoms with Gasteiger partial charge in [-0.2, -0.15) is 0 Å². The molecule has 0 saturated carbocycles. The quantitative estimate of drug-likeness (QED) is 0.665. The number of nitrogens with zero attached hydrogens (tertiary/aromatic N) is 1. The van der Waals surface area contributed by atoms with Crippen molar-refractivity contribution in [2.45, 2.75) is 6.92 Å². The number of carbonyl (C=O) groups is 3. The molecule has 2 rings (SSSR count). The topological polar surface area (TPSA) is 84.9 Å². The van der Waals surface area contributed by atoms with Crippen molar-refractivity contribution in [2.24, 2.45) is 5.92 Å². The van der Waals surface area contributed by atoms with Crippen molar-refractivity contribution in [3.63, 3.8) is 0 Å². The number of halogens is 1. The van der Waals surface area contributed by atoms with Crippen LogP contribution in [0.15, 0.2) is 35.5 Å². The Balaban J connectivity index is 2.38. The molecule has 1 aromatic rings. The third kappa shape index (κ3) is 3.14. The molecule has 0 aromatic heterocycles. The van der Waals surface area contributed by atoms with Crippen LogP contribution < -0.4 is 5.43 Å². The van der Waals surface area contributed by atoms with Gasteiger partial charge >= 0.3 is 11.9 Å². The maximum Gasteiger partial charge on any atom is 0.337 e. The highest BCUT2D eigenvalue weighted by Crippen LogP contribution is 2.31. The van der Waals surface area contributed by atoms with E-state index in [9.17, 15) is 14.4 Å². The lowest BCUT2D eigenvalue weighted by Gasteiger charge is -2.21. The Morgan fingerprint density at radius 1 is 1.17 bits per heavy atom. The number of esters is 2. The lowest BCUT2D eigenvalue weighted by molar-refractivity contribution is -0.151. The number of benzene rings is 1. The maximum atomic E-state index is 12.5. The summed E-state index contributed by atoms with van der Waals surface area (Å²) in [4.78, 5) is 36.3. The highest BCUT2D eigenvalue weighted by atomic mass is 35.5. The first-order chi connectivity index (χ1) is 10.9. The number of nitrogens with one attached hydrogen (secondary N) is 1. The lowest BCUT2D eigenvalue weighted by atomic mass is 10.0. The monoisotopic (exact) mass is 338 g/mol. The Bertz CT molecular complexity index is 684. The van der Waals surface area contributed by atoms with Crippen LogP contribution in [0.25, 0.3) is 0 Å². The van der Waals surface area contributed by atoms with E-state index in [-0.39, 0.29) is 11.3 Å². The van der Waals surface area contributed by atoms with Crippen LogP contribution in [-0.4, -0.2) is 37.1 Å². The van der Waals surface area contributed by atoms with Crippen LogP contribution in [0.3, 0.4) is 0 Å². The molecule has 0 spiro atoms. The second-order valence-electron chi connectivity index (χ2n) is 4.74. The first-order valence-electron chi connectivity index (χ1n) is 6.63. The van der Waals surface area contributed by atoms with Crippen LogP contribution in [0.4, 0.5) is 5.69 Å². The summed E-state index contributed by atoms with van der Waals surface area (Å²) < 4.78 is 9.28. The summed E-state index contributed by atoms with van der Waals surface area (Å²) in [5, 5.41) is 1.66. The summed E-state index contributed by atoms with van der Waals surface area (Å²) in [6, 6.07) is 6.60. The molecule has 1 aliphatic rings. The molecule has 1 N–H and O–H groups in total. The molecule has 1 amide bonds. The van der Waals surface area contributed by atoms with Crippen molar-refractivity contribution in [3.05, 3.63) is 40.6 Å². The van der Waals surface area contributed by atoms with Gasteiger partial charge < -0.3 is 9.47 Å². The van der Waals surface area contributed by atoms with Crippen LogP contribution in [0.1, 0.15) is 6.92 Å². The summed E-state index contributed by atoms with van der Waals surface area (Å²) in [7, 11) is 2.33. The maximum absolute atomic E-state index is 12.5. The van der Waals surface area contributed by atoms with Crippen molar-refractivity contribution in [1.29, 1.82) is 0 Å². The van der Waals surface area contributed by atoms with E-state index in [0.29, 0.717) is 10.7 Å². The Morgan fingerprint density at radius 2 is 1.78 bits per heavy atom. The molecular weight excluding hydrogens is 324 g/mol. The molecular formula is C15H15ClN2O5. The van der Waals surface area contributed by atoms with Crippen LogP contribution in [-0.2, 0) is 23.9 Å². The average molecular weight is 339 g/mol. The van der Waals surface area contributed by atoms with E-state index in [1.807, 2.05) is 0 Å². The predicted molar refractivity (Wildman–Crippen MR) is 82.1 cm³/mol. The predicted octanol–water partition coefficient (Wildman–Crippen LogP) is 1.75. The molecule has 23 heavy (non-hydrogen) atoms. The molecule has 0 aliphatic carbocycles. The number of methoxy groups -OCH3 is 2. The van der Waals surface area contributed by atoms with Crippen molar-refractivity contribution in [3.8, 4) is 0 Å². The van der Waals surface area contributed by atoms with E-state index in [2.05, 4.69) is 14.9 Å². The summed E-state index contributed by atoms with van der Waals surface area (Å²) >= 11 is 5.81. The van der Waals surface area contributed by atoms with Crippen LogP contribution >= 0.6 is 11.6 Å². The number of hydrazine groups is 1. The highest BCUT2D eigenvalue weighted by Gasteiger charge is 2.47. The molecule has 1 unspecified atom stereocenters. The minimum atomic E-state index is -1.35. The summed E-state index contributed by atoms with van der Waals surface area (Å²) in [5.41, 5.74) is 3.62. The second-order valence-corrected chi connectivity index (χ2v) is 5.18. The van der Waals surface area contributed by atoms with Gasteiger partial charge in [0.15, 0.2) is 5.92 Å². The van der Waals surface area contributed by atoms with Crippen LogP contribution in [0, 0.1) is 5.92 Å². The van der Waals surface area contributed by atoms with E-state index in [4.69, 9.17) is 11.6 Å². The standard InChI is InChI=1S/C15H15ClN2O5/c1-8-11(14(20)22-2)12(15(21)23-3)13(19)18(8)17-10-6-4-9(16)5-7-10/h4-7,12,17H,1-3H3. The molecule has 8 heteroatoms. The Labute approximate surface area is 137 Å². The zero-order valence-electron chi connectivity index (χ0n) is 12.8. The molecule has 1 aliphatic heterocycles. The first kappa shape index (κ1) is 16.8. The molecule has 122 valence electrons. The zero-order valence-corrected chi connectivity index (χ0v) is 13.5. The van der Waals surface area contributed by atoms with Gasteiger partial charge in [-0.15, -0.1) is 0 Å². The van der Waals surface area contributed by atoms with E-state index >= 15 is 0 Å². The Hall–Kier alpha value is -2.54. The number of rotatable bonds is 4.